The SMILES string of the molecule is Cc1cc(C(=O)O)ccc1N(C)CC(=O)NC1CC1. The zero-order valence-corrected chi connectivity index (χ0v) is 11.1. The fourth-order valence-electron chi connectivity index (χ4n) is 2.02. The Bertz CT molecular complexity index is 509. The van der Waals surface area contributed by atoms with Crippen LogP contribution in [0.15, 0.2) is 18.2 Å². The van der Waals surface area contributed by atoms with Crippen molar-refractivity contribution in [1.82, 2.24) is 5.32 Å². The highest BCUT2D eigenvalue weighted by molar-refractivity contribution is 5.89. The summed E-state index contributed by atoms with van der Waals surface area (Å²) in [5.74, 6) is -0.935. The topological polar surface area (TPSA) is 69.6 Å². The van der Waals surface area contributed by atoms with Crippen LogP contribution in [0.2, 0.25) is 0 Å². The molecule has 0 spiro atoms. The van der Waals surface area contributed by atoms with Crippen LogP contribution in [-0.4, -0.2) is 36.6 Å². The maximum atomic E-state index is 11.7. The molecule has 2 rings (SSSR count). The molecule has 5 nitrogen and oxygen atoms in total. The van der Waals surface area contributed by atoms with Crippen molar-refractivity contribution in [2.75, 3.05) is 18.5 Å². The standard InChI is InChI=1S/C14H18N2O3/c1-9-7-10(14(18)19)3-6-12(9)16(2)8-13(17)15-11-4-5-11/h3,6-7,11H,4-5,8H2,1-2H3,(H,15,17)(H,18,19). The summed E-state index contributed by atoms with van der Waals surface area (Å²) in [5.41, 5.74) is 1.98. The summed E-state index contributed by atoms with van der Waals surface area (Å²) in [6.45, 7) is 2.13. The first kappa shape index (κ1) is 13.4. The average Bonchev–Trinajstić information content (AvgIpc) is 3.12. The van der Waals surface area contributed by atoms with Crippen molar-refractivity contribution < 1.29 is 14.7 Å². The molecular formula is C14H18N2O3. The van der Waals surface area contributed by atoms with Gasteiger partial charge in [-0.2, -0.15) is 0 Å². The van der Waals surface area contributed by atoms with Gasteiger partial charge in [0, 0.05) is 18.8 Å². The largest absolute Gasteiger partial charge is 0.478 e. The Labute approximate surface area is 112 Å². The molecule has 1 amide bonds. The number of anilines is 1. The van der Waals surface area contributed by atoms with Gasteiger partial charge < -0.3 is 15.3 Å². The van der Waals surface area contributed by atoms with Crippen LogP contribution in [0.5, 0.6) is 0 Å². The highest BCUT2D eigenvalue weighted by Crippen LogP contribution is 2.21. The molecule has 19 heavy (non-hydrogen) atoms. The Morgan fingerprint density at radius 3 is 2.63 bits per heavy atom. The van der Waals surface area contributed by atoms with E-state index in [1.807, 2.05) is 18.9 Å². The van der Waals surface area contributed by atoms with Crippen LogP contribution in [0, 0.1) is 6.92 Å². The number of benzene rings is 1. The van der Waals surface area contributed by atoms with Crippen LogP contribution in [-0.2, 0) is 4.79 Å². The van der Waals surface area contributed by atoms with Crippen LogP contribution in [0.3, 0.4) is 0 Å². The van der Waals surface area contributed by atoms with E-state index in [1.165, 1.54) is 0 Å². The molecule has 1 saturated carbocycles. The van der Waals surface area contributed by atoms with Gasteiger partial charge in [0.25, 0.3) is 0 Å². The van der Waals surface area contributed by atoms with Crippen LogP contribution in [0.1, 0.15) is 28.8 Å². The molecule has 0 heterocycles. The number of rotatable bonds is 5. The zero-order chi connectivity index (χ0) is 14.0. The van der Waals surface area contributed by atoms with Crippen LogP contribution >= 0.6 is 0 Å². The Kier molecular flexibility index (Phi) is 3.74. The van der Waals surface area contributed by atoms with Gasteiger partial charge in [-0.1, -0.05) is 0 Å². The monoisotopic (exact) mass is 262 g/mol. The van der Waals surface area contributed by atoms with Gasteiger partial charge in [-0.3, -0.25) is 4.79 Å². The molecule has 1 fully saturated rings. The molecule has 0 aliphatic heterocycles. The van der Waals surface area contributed by atoms with Crippen molar-refractivity contribution >= 4 is 17.6 Å². The summed E-state index contributed by atoms with van der Waals surface area (Å²) in [7, 11) is 1.83. The minimum absolute atomic E-state index is 0.00621. The Morgan fingerprint density at radius 1 is 1.42 bits per heavy atom. The summed E-state index contributed by atoms with van der Waals surface area (Å²) in [4.78, 5) is 24.4. The Hall–Kier alpha value is -2.04. The van der Waals surface area contributed by atoms with E-state index in [9.17, 15) is 9.59 Å². The van der Waals surface area contributed by atoms with Gasteiger partial charge in [0.1, 0.15) is 0 Å². The molecule has 102 valence electrons. The molecule has 0 aromatic heterocycles. The van der Waals surface area contributed by atoms with Gasteiger partial charge in [0.2, 0.25) is 5.91 Å². The lowest BCUT2D eigenvalue weighted by molar-refractivity contribution is -0.119. The van der Waals surface area contributed by atoms with Gasteiger partial charge in [0.05, 0.1) is 12.1 Å². The van der Waals surface area contributed by atoms with Crippen molar-refractivity contribution in [2.45, 2.75) is 25.8 Å². The maximum absolute atomic E-state index is 11.7. The van der Waals surface area contributed by atoms with Crippen molar-refractivity contribution in [3.05, 3.63) is 29.3 Å². The predicted molar refractivity (Wildman–Crippen MR) is 72.6 cm³/mol. The minimum atomic E-state index is -0.941. The lowest BCUT2D eigenvalue weighted by atomic mass is 10.1. The van der Waals surface area contributed by atoms with E-state index < -0.39 is 5.97 Å². The fourth-order valence-corrected chi connectivity index (χ4v) is 2.02. The molecule has 1 aliphatic rings. The predicted octanol–water partition coefficient (Wildman–Crippen LogP) is 1.41. The molecule has 0 unspecified atom stereocenters. The molecule has 1 aromatic rings. The van der Waals surface area contributed by atoms with E-state index in [0.717, 1.165) is 24.1 Å². The molecule has 2 N–H and O–H groups in total. The molecule has 5 heteroatoms. The quantitative estimate of drug-likeness (QED) is 0.841. The molecular weight excluding hydrogens is 244 g/mol. The number of carboxylic acids is 1. The lowest BCUT2D eigenvalue weighted by Crippen LogP contribution is -2.36. The molecule has 0 saturated heterocycles. The van der Waals surface area contributed by atoms with Crippen molar-refractivity contribution in [1.29, 1.82) is 0 Å². The van der Waals surface area contributed by atoms with Crippen LogP contribution in [0.4, 0.5) is 5.69 Å². The molecule has 1 aromatic carbocycles. The van der Waals surface area contributed by atoms with Gasteiger partial charge in [-0.25, -0.2) is 4.79 Å². The summed E-state index contributed by atoms with van der Waals surface area (Å²) in [6, 6.07) is 5.27. The number of nitrogens with zero attached hydrogens (tertiary/aromatic N) is 1. The summed E-state index contributed by atoms with van der Waals surface area (Å²) in [5, 5.41) is 11.8. The van der Waals surface area contributed by atoms with E-state index in [2.05, 4.69) is 5.32 Å². The first-order valence-electron chi connectivity index (χ1n) is 6.32. The van der Waals surface area contributed by atoms with Crippen LogP contribution < -0.4 is 10.2 Å². The number of carboxylic acid groups (broad SMARTS) is 1. The van der Waals surface area contributed by atoms with E-state index >= 15 is 0 Å². The van der Waals surface area contributed by atoms with E-state index in [4.69, 9.17) is 5.11 Å². The Morgan fingerprint density at radius 2 is 2.11 bits per heavy atom. The number of likely N-dealkylation sites (N-methyl/N-ethyl adjacent to an activating group) is 1. The van der Waals surface area contributed by atoms with Crippen molar-refractivity contribution in [2.24, 2.45) is 0 Å². The number of amides is 1. The molecule has 0 atom stereocenters. The number of hydrogen-bond donors (Lipinski definition) is 2. The lowest BCUT2D eigenvalue weighted by Gasteiger charge is -2.21. The van der Waals surface area contributed by atoms with E-state index in [0.29, 0.717) is 6.04 Å². The fraction of sp³-hybridized carbons (Fsp3) is 0.429. The second-order valence-electron chi connectivity index (χ2n) is 5.00. The number of hydrogen-bond acceptors (Lipinski definition) is 3. The van der Waals surface area contributed by atoms with Gasteiger partial charge in [0.15, 0.2) is 0 Å². The second kappa shape index (κ2) is 5.30. The number of aromatic carboxylic acids is 1. The number of carbonyl (C=O) groups excluding carboxylic acids is 1. The van der Waals surface area contributed by atoms with E-state index in [-0.39, 0.29) is 18.0 Å². The Balaban J connectivity index is 2.03. The minimum Gasteiger partial charge on any atom is -0.478 e. The smallest absolute Gasteiger partial charge is 0.335 e. The normalized spacial score (nSPS) is 14.0. The summed E-state index contributed by atoms with van der Waals surface area (Å²) in [6.07, 6.45) is 2.14. The van der Waals surface area contributed by atoms with Gasteiger partial charge in [-0.05, 0) is 43.5 Å². The number of carbonyl (C=O) groups is 2. The van der Waals surface area contributed by atoms with Gasteiger partial charge in [-0.15, -0.1) is 0 Å². The summed E-state index contributed by atoms with van der Waals surface area (Å²) < 4.78 is 0. The molecule has 0 bridgehead atoms. The highest BCUT2D eigenvalue weighted by Gasteiger charge is 2.23. The van der Waals surface area contributed by atoms with Crippen molar-refractivity contribution in [3.8, 4) is 0 Å². The third-order valence-electron chi connectivity index (χ3n) is 3.18. The third kappa shape index (κ3) is 3.47. The first-order valence-corrected chi connectivity index (χ1v) is 6.32. The second-order valence-corrected chi connectivity index (χ2v) is 5.00. The van der Waals surface area contributed by atoms with Gasteiger partial charge >= 0.3 is 5.97 Å². The van der Waals surface area contributed by atoms with Crippen LogP contribution in [0.25, 0.3) is 0 Å². The number of nitrogens with one attached hydrogen (secondary N) is 1. The number of aryl methyl sites for hydroxylation is 1. The summed E-state index contributed by atoms with van der Waals surface area (Å²) >= 11 is 0. The highest BCUT2D eigenvalue weighted by atomic mass is 16.4. The van der Waals surface area contributed by atoms with Crippen molar-refractivity contribution in [3.63, 3.8) is 0 Å². The first-order chi connectivity index (χ1) is 8.97. The maximum Gasteiger partial charge on any atom is 0.335 e. The average molecular weight is 262 g/mol. The van der Waals surface area contributed by atoms with E-state index in [1.54, 1.807) is 18.2 Å². The third-order valence-corrected chi connectivity index (χ3v) is 3.18. The molecule has 0 radical (unpaired) electrons. The zero-order valence-electron chi connectivity index (χ0n) is 11.1. The molecule has 1 aliphatic carbocycles.